The van der Waals surface area contributed by atoms with Gasteiger partial charge in [-0.1, -0.05) is 17.7 Å². The van der Waals surface area contributed by atoms with Gasteiger partial charge in [-0.15, -0.1) is 11.8 Å². The number of fused-ring (bicyclic) bond motifs is 1. The van der Waals surface area contributed by atoms with Gasteiger partial charge in [0.05, 0.1) is 29.0 Å². The maximum absolute atomic E-state index is 12.6. The van der Waals surface area contributed by atoms with Crippen molar-refractivity contribution in [2.45, 2.75) is 23.5 Å². The summed E-state index contributed by atoms with van der Waals surface area (Å²) in [4.78, 5) is 39.1. The zero-order valence-corrected chi connectivity index (χ0v) is 17.6. The van der Waals surface area contributed by atoms with Crippen molar-refractivity contribution in [2.75, 3.05) is 23.4 Å². The van der Waals surface area contributed by atoms with Crippen LogP contribution in [0.3, 0.4) is 0 Å². The number of nitrogens with zero attached hydrogens (tertiary/aromatic N) is 2. The van der Waals surface area contributed by atoms with Gasteiger partial charge in [0.15, 0.2) is 6.61 Å². The fraction of sp³-hybridized carbons (Fsp3) is 0.238. The molecule has 2 aromatic carbocycles. The van der Waals surface area contributed by atoms with Gasteiger partial charge in [0.25, 0.3) is 5.91 Å². The van der Waals surface area contributed by atoms with E-state index in [-0.39, 0.29) is 29.7 Å². The summed E-state index contributed by atoms with van der Waals surface area (Å²) in [6.07, 6.45) is 0.118. The van der Waals surface area contributed by atoms with Gasteiger partial charge in [-0.25, -0.2) is 4.79 Å². The zero-order valence-electron chi connectivity index (χ0n) is 16.1. The van der Waals surface area contributed by atoms with Gasteiger partial charge in [-0.2, -0.15) is 5.26 Å². The number of thioether (sulfide) groups is 1. The summed E-state index contributed by atoms with van der Waals surface area (Å²) >= 11 is 7.40. The van der Waals surface area contributed by atoms with Crippen molar-refractivity contribution in [3.05, 3.63) is 53.1 Å². The third-order valence-electron chi connectivity index (χ3n) is 4.34. The molecule has 1 heterocycles. The summed E-state index contributed by atoms with van der Waals surface area (Å²) < 4.78 is 5.18. The Kier molecular flexibility index (Phi) is 6.98. The van der Waals surface area contributed by atoms with Crippen molar-refractivity contribution >= 4 is 52.5 Å². The monoisotopic (exact) mass is 443 g/mol. The number of nitrogens with one attached hydrogen (secondary N) is 1. The Balaban J connectivity index is 1.68. The quantitative estimate of drug-likeness (QED) is 0.680. The summed E-state index contributed by atoms with van der Waals surface area (Å²) in [6.45, 7) is 1.45. The van der Waals surface area contributed by atoms with Crippen molar-refractivity contribution in [1.82, 2.24) is 0 Å². The number of halogens is 1. The van der Waals surface area contributed by atoms with Crippen molar-refractivity contribution in [3.63, 3.8) is 0 Å². The van der Waals surface area contributed by atoms with Gasteiger partial charge in [0.2, 0.25) is 5.91 Å². The highest BCUT2D eigenvalue weighted by molar-refractivity contribution is 8.00. The standard InChI is InChI=1S/C21H18ClN3O4S/c1-13-20(27)24-17-10-14(6-7-18(17)30-13)21(28)29-12-19(26)25(9-3-8-23)16-5-2-4-15(22)11-16/h2,4-7,10-11,13H,3,9,12H2,1H3,(H,24,27). The smallest absolute Gasteiger partial charge is 0.338 e. The molecule has 1 aliphatic heterocycles. The number of hydrogen-bond donors (Lipinski definition) is 1. The lowest BCUT2D eigenvalue weighted by atomic mass is 10.2. The fourth-order valence-corrected chi connectivity index (χ4v) is 3.94. The van der Waals surface area contributed by atoms with E-state index in [4.69, 9.17) is 21.6 Å². The molecule has 3 rings (SSSR count). The predicted molar refractivity (Wildman–Crippen MR) is 115 cm³/mol. The molecule has 0 fully saturated rings. The lowest BCUT2D eigenvalue weighted by molar-refractivity contribution is -0.121. The average Bonchev–Trinajstić information content (AvgIpc) is 2.73. The molecule has 2 amide bonds. The maximum Gasteiger partial charge on any atom is 0.338 e. The number of rotatable bonds is 6. The molecular formula is C21H18ClN3O4S. The Morgan fingerprint density at radius 1 is 1.30 bits per heavy atom. The average molecular weight is 444 g/mol. The van der Waals surface area contributed by atoms with Crippen molar-refractivity contribution < 1.29 is 19.1 Å². The molecule has 0 aliphatic carbocycles. The second kappa shape index (κ2) is 9.65. The van der Waals surface area contributed by atoms with Crippen molar-refractivity contribution in [3.8, 4) is 6.07 Å². The highest BCUT2D eigenvalue weighted by atomic mass is 35.5. The largest absolute Gasteiger partial charge is 0.452 e. The minimum absolute atomic E-state index is 0.118. The first kappa shape index (κ1) is 21.7. The Labute approximate surface area is 182 Å². The van der Waals surface area contributed by atoms with Crippen LogP contribution in [0.1, 0.15) is 23.7 Å². The van der Waals surface area contributed by atoms with Gasteiger partial charge in [-0.05, 0) is 43.3 Å². The molecular weight excluding hydrogens is 426 g/mol. The van der Waals surface area contributed by atoms with E-state index in [2.05, 4.69) is 5.32 Å². The number of nitriles is 1. The molecule has 0 spiro atoms. The molecule has 9 heteroatoms. The fourth-order valence-electron chi connectivity index (χ4n) is 2.83. The van der Waals surface area contributed by atoms with Crippen LogP contribution in [0.25, 0.3) is 0 Å². The molecule has 1 unspecified atom stereocenters. The van der Waals surface area contributed by atoms with Crippen molar-refractivity contribution in [2.24, 2.45) is 0 Å². The van der Waals surface area contributed by atoms with Crippen LogP contribution in [-0.2, 0) is 14.3 Å². The van der Waals surface area contributed by atoms with Crippen LogP contribution in [0.5, 0.6) is 0 Å². The van der Waals surface area contributed by atoms with E-state index >= 15 is 0 Å². The summed E-state index contributed by atoms with van der Waals surface area (Å²) in [5.74, 6) is -1.30. The number of amides is 2. The van der Waals surface area contributed by atoms with Crippen LogP contribution in [-0.4, -0.2) is 36.2 Å². The SMILES string of the molecule is CC1Sc2ccc(C(=O)OCC(=O)N(CCC#N)c3cccc(Cl)c3)cc2NC1=O. The van der Waals surface area contributed by atoms with Gasteiger partial charge in [-0.3, -0.25) is 9.59 Å². The normalized spacial score (nSPS) is 14.8. The molecule has 7 nitrogen and oxygen atoms in total. The first-order valence-corrected chi connectivity index (χ1v) is 10.4. The van der Waals surface area contributed by atoms with Gasteiger partial charge >= 0.3 is 5.97 Å². The Morgan fingerprint density at radius 3 is 2.83 bits per heavy atom. The number of carbonyl (C=O) groups is 3. The van der Waals surface area contributed by atoms with Crippen molar-refractivity contribution in [1.29, 1.82) is 5.26 Å². The second-order valence-electron chi connectivity index (χ2n) is 6.47. The van der Waals surface area contributed by atoms with Gasteiger partial charge < -0.3 is 15.0 Å². The number of carbonyl (C=O) groups excluding carboxylic acids is 3. The van der Waals surface area contributed by atoms with E-state index in [1.807, 2.05) is 6.07 Å². The lowest BCUT2D eigenvalue weighted by Gasteiger charge is -2.22. The minimum atomic E-state index is -0.685. The summed E-state index contributed by atoms with van der Waals surface area (Å²) in [5, 5.41) is 11.9. The third kappa shape index (κ3) is 5.12. The van der Waals surface area contributed by atoms with Crippen LogP contribution in [0.2, 0.25) is 5.02 Å². The van der Waals surface area contributed by atoms with Gasteiger partial charge in [0, 0.05) is 22.2 Å². The van der Waals surface area contributed by atoms with E-state index in [0.717, 1.165) is 4.90 Å². The number of benzene rings is 2. The van der Waals surface area contributed by atoms with E-state index in [1.165, 1.54) is 22.7 Å². The maximum atomic E-state index is 12.6. The number of ether oxygens (including phenoxy) is 1. The molecule has 0 bridgehead atoms. The molecule has 0 saturated carbocycles. The number of anilines is 2. The topological polar surface area (TPSA) is 99.5 Å². The molecule has 1 aliphatic rings. The van der Waals surface area contributed by atoms with Crippen LogP contribution < -0.4 is 10.2 Å². The number of hydrogen-bond acceptors (Lipinski definition) is 6. The Bertz CT molecular complexity index is 1040. The molecule has 30 heavy (non-hydrogen) atoms. The molecule has 2 aromatic rings. The summed E-state index contributed by atoms with van der Waals surface area (Å²) in [5.41, 5.74) is 1.28. The van der Waals surface area contributed by atoms with Crippen LogP contribution in [0, 0.1) is 11.3 Å². The molecule has 1 atom stereocenters. The predicted octanol–water partition coefficient (Wildman–Crippen LogP) is 3.88. The molecule has 1 N–H and O–H groups in total. The third-order valence-corrected chi connectivity index (χ3v) is 5.75. The Hall–Kier alpha value is -3.02. The molecule has 0 aromatic heterocycles. The van der Waals surface area contributed by atoms with E-state index < -0.39 is 18.5 Å². The Morgan fingerprint density at radius 2 is 2.10 bits per heavy atom. The van der Waals surface area contributed by atoms with Crippen LogP contribution >= 0.6 is 23.4 Å². The van der Waals surface area contributed by atoms with E-state index in [0.29, 0.717) is 16.4 Å². The zero-order chi connectivity index (χ0) is 21.7. The lowest BCUT2D eigenvalue weighted by Crippen LogP contribution is -2.35. The minimum Gasteiger partial charge on any atom is -0.452 e. The van der Waals surface area contributed by atoms with Crippen LogP contribution in [0.4, 0.5) is 11.4 Å². The first-order chi connectivity index (χ1) is 14.4. The molecule has 0 saturated heterocycles. The highest BCUT2D eigenvalue weighted by Crippen LogP contribution is 2.36. The molecule has 154 valence electrons. The van der Waals surface area contributed by atoms with Crippen LogP contribution in [0.15, 0.2) is 47.4 Å². The summed E-state index contributed by atoms with van der Waals surface area (Å²) in [6, 6.07) is 13.5. The summed E-state index contributed by atoms with van der Waals surface area (Å²) in [7, 11) is 0. The first-order valence-electron chi connectivity index (χ1n) is 9.10. The van der Waals surface area contributed by atoms with E-state index in [9.17, 15) is 14.4 Å². The number of esters is 1. The highest BCUT2D eigenvalue weighted by Gasteiger charge is 2.24. The van der Waals surface area contributed by atoms with E-state index in [1.54, 1.807) is 43.3 Å². The second-order valence-corrected chi connectivity index (χ2v) is 8.29. The van der Waals surface area contributed by atoms with Gasteiger partial charge in [0.1, 0.15) is 0 Å². The molecule has 0 radical (unpaired) electrons.